The Kier molecular flexibility index (Phi) is 6.81. The lowest BCUT2D eigenvalue weighted by Gasteiger charge is -2.34. The summed E-state index contributed by atoms with van der Waals surface area (Å²) in [6, 6.07) is 8.32. The number of likely N-dealkylation sites (N-methyl/N-ethyl adjacent to an activating group) is 1. The molecule has 1 aliphatic heterocycles. The van der Waals surface area contributed by atoms with Gasteiger partial charge in [-0.2, -0.15) is 5.10 Å². The fourth-order valence-corrected chi connectivity index (χ4v) is 3.53. The minimum absolute atomic E-state index is 0.0856. The molecule has 1 fully saturated rings. The molecular weight excluding hydrogens is 342 g/mol. The number of nitrogens with zero attached hydrogens (tertiary/aromatic N) is 5. The molecule has 0 spiro atoms. The Morgan fingerprint density at radius 1 is 1.26 bits per heavy atom. The summed E-state index contributed by atoms with van der Waals surface area (Å²) in [5, 5.41) is 3.99. The summed E-state index contributed by atoms with van der Waals surface area (Å²) >= 11 is 0. The molecule has 7 nitrogen and oxygen atoms in total. The zero-order valence-corrected chi connectivity index (χ0v) is 16.3. The summed E-state index contributed by atoms with van der Waals surface area (Å²) in [6.45, 7) is 4.37. The molecule has 0 bridgehead atoms. The van der Waals surface area contributed by atoms with Crippen molar-refractivity contribution < 1.29 is 9.53 Å². The molecular formula is C20H29N5O2. The Balaban J connectivity index is 1.36. The van der Waals surface area contributed by atoms with E-state index in [9.17, 15) is 4.79 Å². The maximum Gasteiger partial charge on any atom is 0.244 e. The number of aromatic nitrogens is 3. The molecule has 0 radical (unpaired) electrons. The number of likely N-dealkylation sites (tertiary alicyclic amines) is 1. The van der Waals surface area contributed by atoms with Crippen LogP contribution in [0.5, 0.6) is 5.75 Å². The van der Waals surface area contributed by atoms with Crippen molar-refractivity contribution in [2.75, 3.05) is 40.3 Å². The molecule has 0 unspecified atom stereocenters. The fourth-order valence-electron chi connectivity index (χ4n) is 3.53. The average Bonchev–Trinajstić information content (AvgIpc) is 3.21. The lowest BCUT2D eigenvalue weighted by Crippen LogP contribution is -2.40. The maximum absolute atomic E-state index is 12.3. The van der Waals surface area contributed by atoms with E-state index in [0.29, 0.717) is 5.92 Å². The van der Waals surface area contributed by atoms with E-state index in [1.54, 1.807) is 18.1 Å². The van der Waals surface area contributed by atoms with Gasteiger partial charge in [-0.25, -0.2) is 9.67 Å². The van der Waals surface area contributed by atoms with E-state index in [1.807, 2.05) is 24.1 Å². The highest BCUT2D eigenvalue weighted by molar-refractivity contribution is 5.75. The first-order valence-corrected chi connectivity index (χ1v) is 9.55. The molecule has 0 N–H and O–H groups in total. The second-order valence-corrected chi connectivity index (χ2v) is 7.25. The molecule has 146 valence electrons. The first-order valence-electron chi connectivity index (χ1n) is 9.55. The van der Waals surface area contributed by atoms with Crippen molar-refractivity contribution >= 4 is 5.91 Å². The topological polar surface area (TPSA) is 63.5 Å². The number of hydrogen-bond acceptors (Lipinski definition) is 5. The molecule has 3 rings (SSSR count). The quantitative estimate of drug-likeness (QED) is 0.707. The van der Waals surface area contributed by atoms with E-state index in [1.165, 1.54) is 11.9 Å². The third-order valence-corrected chi connectivity index (χ3v) is 5.30. The zero-order chi connectivity index (χ0) is 19.1. The monoisotopic (exact) mass is 371 g/mol. The molecule has 7 heteroatoms. The number of benzene rings is 1. The molecule has 1 amide bonds. The summed E-state index contributed by atoms with van der Waals surface area (Å²) in [7, 11) is 3.58. The smallest absolute Gasteiger partial charge is 0.244 e. The van der Waals surface area contributed by atoms with Gasteiger partial charge >= 0.3 is 0 Å². The fraction of sp³-hybridized carbons (Fsp3) is 0.550. The summed E-state index contributed by atoms with van der Waals surface area (Å²) in [6.07, 6.45) is 6.38. The summed E-state index contributed by atoms with van der Waals surface area (Å²) < 4.78 is 6.78. The first kappa shape index (κ1) is 19.4. The van der Waals surface area contributed by atoms with E-state index in [4.69, 9.17) is 4.74 Å². The van der Waals surface area contributed by atoms with Crippen LogP contribution in [0.2, 0.25) is 0 Å². The van der Waals surface area contributed by atoms with Gasteiger partial charge in [0.05, 0.1) is 7.11 Å². The Morgan fingerprint density at radius 3 is 2.63 bits per heavy atom. The number of piperidine rings is 1. The van der Waals surface area contributed by atoms with Crippen LogP contribution in [-0.4, -0.2) is 70.8 Å². The number of carbonyl (C=O) groups excluding carboxylic acids is 1. The molecule has 2 aromatic rings. The third-order valence-electron chi connectivity index (χ3n) is 5.30. The van der Waals surface area contributed by atoms with Gasteiger partial charge in [0.2, 0.25) is 5.91 Å². The Bertz CT molecular complexity index is 694. The van der Waals surface area contributed by atoms with Crippen molar-refractivity contribution in [3.05, 3.63) is 42.5 Å². The van der Waals surface area contributed by atoms with Crippen molar-refractivity contribution in [1.29, 1.82) is 0 Å². The predicted molar refractivity (Wildman–Crippen MR) is 104 cm³/mol. The molecule has 1 aromatic carbocycles. The van der Waals surface area contributed by atoms with Gasteiger partial charge in [0.1, 0.15) is 24.9 Å². The van der Waals surface area contributed by atoms with Gasteiger partial charge in [0.25, 0.3) is 0 Å². The van der Waals surface area contributed by atoms with Crippen LogP contribution < -0.4 is 4.74 Å². The number of rotatable bonds is 8. The molecule has 1 saturated heterocycles. The van der Waals surface area contributed by atoms with Crippen molar-refractivity contribution in [2.24, 2.45) is 5.92 Å². The van der Waals surface area contributed by atoms with Gasteiger partial charge in [-0.1, -0.05) is 12.1 Å². The maximum atomic E-state index is 12.3. The number of amides is 1. The van der Waals surface area contributed by atoms with E-state index in [0.717, 1.165) is 51.2 Å². The van der Waals surface area contributed by atoms with Gasteiger partial charge < -0.3 is 14.5 Å². The van der Waals surface area contributed by atoms with Gasteiger partial charge in [-0.3, -0.25) is 4.79 Å². The molecule has 0 atom stereocenters. The van der Waals surface area contributed by atoms with Gasteiger partial charge in [0.15, 0.2) is 0 Å². The van der Waals surface area contributed by atoms with E-state index in [-0.39, 0.29) is 12.5 Å². The second-order valence-electron chi connectivity index (χ2n) is 7.25. The van der Waals surface area contributed by atoms with Crippen molar-refractivity contribution in [1.82, 2.24) is 24.6 Å². The normalized spacial score (nSPS) is 15.6. The second kappa shape index (κ2) is 9.50. The van der Waals surface area contributed by atoms with Crippen LogP contribution in [0.3, 0.4) is 0 Å². The van der Waals surface area contributed by atoms with Crippen molar-refractivity contribution in [3.63, 3.8) is 0 Å². The molecule has 1 aliphatic rings. The van der Waals surface area contributed by atoms with E-state index >= 15 is 0 Å². The average molecular weight is 371 g/mol. The number of hydrogen-bond donors (Lipinski definition) is 0. The number of ether oxygens (including phenoxy) is 1. The minimum Gasteiger partial charge on any atom is -0.497 e. The Hall–Kier alpha value is -2.41. The SMILES string of the molecule is COc1ccc(CCN2CCC(CN(C)C(=O)Cn3cncn3)CC2)cc1. The minimum atomic E-state index is 0.0856. The van der Waals surface area contributed by atoms with E-state index < -0.39 is 0 Å². The molecule has 0 saturated carbocycles. The first-order chi connectivity index (χ1) is 13.1. The van der Waals surface area contributed by atoms with Crippen LogP contribution in [0, 0.1) is 5.92 Å². The van der Waals surface area contributed by atoms with Crippen LogP contribution in [0.25, 0.3) is 0 Å². The van der Waals surface area contributed by atoms with Crippen LogP contribution >= 0.6 is 0 Å². The Morgan fingerprint density at radius 2 is 2.00 bits per heavy atom. The summed E-state index contributed by atoms with van der Waals surface area (Å²) in [4.78, 5) is 20.5. The lowest BCUT2D eigenvalue weighted by atomic mass is 9.96. The molecule has 27 heavy (non-hydrogen) atoms. The summed E-state index contributed by atoms with van der Waals surface area (Å²) in [5.41, 5.74) is 1.34. The molecule has 1 aromatic heterocycles. The highest BCUT2D eigenvalue weighted by Crippen LogP contribution is 2.19. The molecule has 2 heterocycles. The Labute approximate surface area is 160 Å². The largest absolute Gasteiger partial charge is 0.497 e. The zero-order valence-electron chi connectivity index (χ0n) is 16.3. The van der Waals surface area contributed by atoms with Gasteiger partial charge in [-0.15, -0.1) is 0 Å². The van der Waals surface area contributed by atoms with Crippen LogP contribution in [-0.2, 0) is 17.8 Å². The number of carbonyl (C=O) groups is 1. The number of methoxy groups -OCH3 is 1. The van der Waals surface area contributed by atoms with Gasteiger partial charge in [0, 0.05) is 20.1 Å². The lowest BCUT2D eigenvalue weighted by molar-refractivity contribution is -0.131. The van der Waals surface area contributed by atoms with Crippen molar-refractivity contribution in [2.45, 2.75) is 25.8 Å². The van der Waals surface area contributed by atoms with Crippen molar-refractivity contribution in [3.8, 4) is 5.75 Å². The predicted octanol–water partition coefficient (Wildman–Crippen LogP) is 1.70. The highest BCUT2D eigenvalue weighted by atomic mass is 16.5. The van der Waals surface area contributed by atoms with Crippen LogP contribution in [0.15, 0.2) is 36.9 Å². The third kappa shape index (κ3) is 5.79. The van der Waals surface area contributed by atoms with Crippen LogP contribution in [0.1, 0.15) is 18.4 Å². The standard InChI is InChI=1S/C20H29N5O2/c1-23(20(26)14-25-16-21-15-22-25)13-18-8-11-24(12-9-18)10-7-17-3-5-19(27-2)6-4-17/h3-6,15-16,18H,7-14H2,1-2H3. The van der Waals surface area contributed by atoms with Crippen LogP contribution in [0.4, 0.5) is 0 Å². The highest BCUT2D eigenvalue weighted by Gasteiger charge is 2.22. The van der Waals surface area contributed by atoms with E-state index in [2.05, 4.69) is 27.1 Å². The summed E-state index contributed by atoms with van der Waals surface area (Å²) in [5.74, 6) is 1.57. The molecule has 0 aliphatic carbocycles. The van der Waals surface area contributed by atoms with Gasteiger partial charge in [-0.05, 0) is 56.0 Å².